The summed E-state index contributed by atoms with van der Waals surface area (Å²) in [6, 6.07) is 3.79. The largest absolute Gasteiger partial charge is 0.469 e. The van der Waals surface area contributed by atoms with Gasteiger partial charge in [0, 0.05) is 10.6 Å². The average molecular weight is 309 g/mol. The number of hydrogen-bond acceptors (Lipinski definition) is 4. The lowest BCUT2D eigenvalue weighted by molar-refractivity contribution is -0.140. The normalized spacial score (nSPS) is 13.1. The number of sulfone groups is 1. The molecular weight excluding hydrogens is 295 g/mol. The van der Waals surface area contributed by atoms with E-state index < -0.39 is 32.6 Å². The van der Waals surface area contributed by atoms with Crippen molar-refractivity contribution in [1.82, 2.24) is 0 Å². The minimum absolute atomic E-state index is 0.0288. The van der Waals surface area contributed by atoms with Crippen LogP contribution in [0.2, 0.25) is 5.02 Å². The Morgan fingerprint density at radius 3 is 2.63 bits per heavy atom. The number of carbonyl (C=O) groups excluding carboxylic acids is 1. The van der Waals surface area contributed by atoms with Crippen LogP contribution in [-0.4, -0.2) is 26.7 Å². The van der Waals surface area contributed by atoms with Gasteiger partial charge in [0.2, 0.25) is 0 Å². The van der Waals surface area contributed by atoms with Crippen LogP contribution in [0.3, 0.4) is 0 Å². The van der Waals surface area contributed by atoms with Gasteiger partial charge in [-0.25, -0.2) is 12.8 Å². The molecule has 0 spiro atoms. The Labute approximate surface area is 116 Å². The number of carbonyl (C=O) groups is 1. The number of esters is 1. The van der Waals surface area contributed by atoms with Gasteiger partial charge in [0.05, 0.1) is 24.5 Å². The van der Waals surface area contributed by atoms with Crippen molar-refractivity contribution in [1.29, 1.82) is 0 Å². The number of halogens is 2. The Balaban J connectivity index is 2.87. The van der Waals surface area contributed by atoms with Gasteiger partial charge in [-0.15, -0.1) is 0 Å². The molecule has 1 unspecified atom stereocenters. The summed E-state index contributed by atoms with van der Waals surface area (Å²) in [4.78, 5) is 11.1. The van der Waals surface area contributed by atoms with E-state index in [9.17, 15) is 17.6 Å². The van der Waals surface area contributed by atoms with Crippen molar-refractivity contribution in [3.8, 4) is 0 Å². The molecule has 0 fully saturated rings. The molecule has 0 heterocycles. The Morgan fingerprint density at radius 2 is 2.11 bits per heavy atom. The Hall–Kier alpha value is -1.14. The lowest BCUT2D eigenvalue weighted by atomic mass is 10.2. The van der Waals surface area contributed by atoms with Crippen LogP contribution < -0.4 is 0 Å². The number of rotatable bonds is 5. The first-order valence-corrected chi connectivity index (χ1v) is 7.58. The van der Waals surface area contributed by atoms with Crippen molar-refractivity contribution in [2.75, 3.05) is 7.11 Å². The zero-order chi connectivity index (χ0) is 14.6. The van der Waals surface area contributed by atoms with E-state index in [1.54, 1.807) is 0 Å². The Kier molecular flexibility index (Phi) is 5.31. The second-order valence-electron chi connectivity index (χ2n) is 4.13. The van der Waals surface area contributed by atoms with E-state index in [0.717, 1.165) is 6.07 Å². The molecular formula is C12H14ClFO4S. The molecule has 0 amide bonds. The van der Waals surface area contributed by atoms with Gasteiger partial charge in [-0.2, -0.15) is 0 Å². The molecule has 0 aliphatic heterocycles. The van der Waals surface area contributed by atoms with Gasteiger partial charge < -0.3 is 4.74 Å². The fraction of sp³-hybridized carbons (Fsp3) is 0.417. The summed E-state index contributed by atoms with van der Waals surface area (Å²) >= 11 is 5.59. The quantitative estimate of drug-likeness (QED) is 0.783. The van der Waals surface area contributed by atoms with Crippen molar-refractivity contribution in [3.63, 3.8) is 0 Å². The molecule has 0 N–H and O–H groups in total. The van der Waals surface area contributed by atoms with Crippen molar-refractivity contribution >= 4 is 27.4 Å². The van der Waals surface area contributed by atoms with Crippen LogP contribution in [0.25, 0.3) is 0 Å². The zero-order valence-corrected chi connectivity index (χ0v) is 12.1. The summed E-state index contributed by atoms with van der Waals surface area (Å²) in [5.74, 6) is -1.78. The number of ether oxygens (including phenoxy) is 1. The maximum absolute atomic E-state index is 13.5. The van der Waals surface area contributed by atoms with Crippen molar-refractivity contribution in [2.24, 2.45) is 0 Å². The first-order valence-electron chi connectivity index (χ1n) is 5.48. The summed E-state index contributed by atoms with van der Waals surface area (Å²) in [6.45, 7) is 1.39. The summed E-state index contributed by atoms with van der Waals surface area (Å²) < 4.78 is 41.9. The number of benzene rings is 1. The van der Waals surface area contributed by atoms with Crippen LogP contribution in [-0.2, 0) is 25.1 Å². The van der Waals surface area contributed by atoms with Gasteiger partial charge in [0.15, 0.2) is 9.84 Å². The fourth-order valence-corrected chi connectivity index (χ4v) is 2.94. The van der Waals surface area contributed by atoms with Crippen LogP contribution in [0.15, 0.2) is 18.2 Å². The molecule has 106 valence electrons. The van der Waals surface area contributed by atoms with Gasteiger partial charge in [0.1, 0.15) is 5.82 Å². The average Bonchev–Trinajstić information content (AvgIpc) is 2.32. The molecule has 0 saturated heterocycles. The second kappa shape index (κ2) is 6.34. The van der Waals surface area contributed by atoms with Crippen LogP contribution in [0, 0.1) is 5.82 Å². The molecule has 1 aromatic rings. The van der Waals surface area contributed by atoms with E-state index in [4.69, 9.17) is 11.6 Å². The third-order valence-electron chi connectivity index (χ3n) is 2.67. The molecule has 19 heavy (non-hydrogen) atoms. The first-order chi connectivity index (χ1) is 8.76. The Morgan fingerprint density at radius 1 is 1.47 bits per heavy atom. The smallest absolute Gasteiger partial charge is 0.306 e. The van der Waals surface area contributed by atoms with Crippen LogP contribution >= 0.6 is 11.6 Å². The molecule has 1 aromatic carbocycles. The SMILES string of the molecule is COC(=O)CC(C)S(=O)(=O)Cc1ccc(Cl)cc1F. The van der Waals surface area contributed by atoms with Gasteiger partial charge in [-0.1, -0.05) is 17.7 Å². The van der Waals surface area contributed by atoms with E-state index in [-0.39, 0.29) is 17.0 Å². The third kappa shape index (κ3) is 4.47. The van der Waals surface area contributed by atoms with E-state index >= 15 is 0 Å². The summed E-state index contributed by atoms with van der Waals surface area (Å²) in [5.41, 5.74) is 0.0288. The van der Waals surface area contributed by atoms with E-state index in [2.05, 4.69) is 4.74 Å². The lowest BCUT2D eigenvalue weighted by Crippen LogP contribution is -2.23. The maximum atomic E-state index is 13.5. The topological polar surface area (TPSA) is 60.4 Å². The zero-order valence-electron chi connectivity index (χ0n) is 10.5. The van der Waals surface area contributed by atoms with Crippen LogP contribution in [0.4, 0.5) is 4.39 Å². The van der Waals surface area contributed by atoms with Crippen LogP contribution in [0.1, 0.15) is 18.9 Å². The minimum Gasteiger partial charge on any atom is -0.469 e. The lowest BCUT2D eigenvalue weighted by Gasteiger charge is -2.12. The van der Waals surface area contributed by atoms with E-state index in [1.165, 1.54) is 26.2 Å². The minimum atomic E-state index is -3.64. The molecule has 0 saturated carbocycles. The maximum Gasteiger partial charge on any atom is 0.306 e. The third-order valence-corrected chi connectivity index (χ3v) is 5.01. The van der Waals surface area contributed by atoms with Gasteiger partial charge in [-0.3, -0.25) is 4.79 Å². The molecule has 0 aliphatic carbocycles. The summed E-state index contributed by atoms with van der Waals surface area (Å²) in [6.07, 6.45) is -0.256. The Bertz CT molecular complexity index is 571. The van der Waals surface area contributed by atoms with E-state index in [1.807, 2.05) is 0 Å². The van der Waals surface area contributed by atoms with Crippen molar-refractivity contribution < 1.29 is 22.3 Å². The van der Waals surface area contributed by atoms with Gasteiger partial charge in [0.25, 0.3) is 0 Å². The molecule has 1 atom stereocenters. The second-order valence-corrected chi connectivity index (χ2v) is 6.99. The fourth-order valence-electron chi connectivity index (χ4n) is 1.44. The monoisotopic (exact) mass is 308 g/mol. The molecule has 0 radical (unpaired) electrons. The predicted molar refractivity (Wildman–Crippen MR) is 70.1 cm³/mol. The summed E-state index contributed by atoms with van der Waals surface area (Å²) in [5, 5.41) is -0.740. The highest BCUT2D eigenvalue weighted by molar-refractivity contribution is 7.91. The first kappa shape index (κ1) is 15.9. The van der Waals surface area contributed by atoms with Gasteiger partial charge >= 0.3 is 5.97 Å². The van der Waals surface area contributed by atoms with Crippen molar-refractivity contribution in [2.45, 2.75) is 24.3 Å². The molecule has 0 bridgehead atoms. The highest BCUT2D eigenvalue weighted by Gasteiger charge is 2.25. The predicted octanol–water partition coefficient (Wildman–Crippen LogP) is 2.35. The molecule has 4 nitrogen and oxygen atoms in total. The highest BCUT2D eigenvalue weighted by atomic mass is 35.5. The van der Waals surface area contributed by atoms with E-state index in [0.29, 0.717) is 0 Å². The number of methoxy groups -OCH3 is 1. The van der Waals surface area contributed by atoms with Gasteiger partial charge in [-0.05, 0) is 19.1 Å². The molecule has 0 aliphatic rings. The standard InChI is InChI=1S/C12H14ClFO4S/c1-8(5-12(15)18-2)19(16,17)7-9-3-4-10(13)6-11(9)14/h3-4,6,8H,5,7H2,1-2H3. The summed E-state index contributed by atoms with van der Waals surface area (Å²) in [7, 11) is -2.46. The molecule has 7 heteroatoms. The molecule has 1 rings (SSSR count). The highest BCUT2D eigenvalue weighted by Crippen LogP contribution is 2.19. The number of hydrogen-bond donors (Lipinski definition) is 0. The molecule has 0 aromatic heterocycles. The van der Waals surface area contributed by atoms with Crippen molar-refractivity contribution in [3.05, 3.63) is 34.6 Å². The van der Waals surface area contributed by atoms with Crippen LogP contribution in [0.5, 0.6) is 0 Å².